The van der Waals surface area contributed by atoms with Crippen molar-refractivity contribution in [2.75, 3.05) is 6.54 Å². The van der Waals surface area contributed by atoms with Gasteiger partial charge in [0.1, 0.15) is 4.90 Å². The molecular formula is C14H14N2O4S. The minimum absolute atomic E-state index is 0.0669. The molecule has 0 saturated carbocycles. The first kappa shape index (κ1) is 15.1. The maximum Gasteiger partial charge on any atom is 0.284 e. The quantitative estimate of drug-likeness (QED) is 0.250. The van der Waals surface area contributed by atoms with E-state index >= 15 is 0 Å². The Bertz CT molecular complexity index is 649. The number of phenols is 2. The van der Waals surface area contributed by atoms with Crippen LogP contribution in [-0.4, -0.2) is 21.7 Å². The van der Waals surface area contributed by atoms with E-state index in [0.29, 0.717) is 17.9 Å². The zero-order valence-corrected chi connectivity index (χ0v) is 11.8. The van der Waals surface area contributed by atoms with E-state index in [4.69, 9.17) is 0 Å². The molecule has 0 atom stereocenters. The molecule has 110 valence electrons. The second kappa shape index (κ2) is 6.96. The average Bonchev–Trinajstić information content (AvgIpc) is 2.47. The van der Waals surface area contributed by atoms with Gasteiger partial charge in [-0.25, -0.2) is 0 Å². The van der Waals surface area contributed by atoms with Crippen LogP contribution < -0.4 is 4.72 Å². The number of para-hydroxylation sites is 1. The summed E-state index contributed by atoms with van der Waals surface area (Å²) in [5, 5.41) is 29.5. The zero-order chi connectivity index (χ0) is 15.2. The third-order valence-electron chi connectivity index (χ3n) is 2.80. The molecule has 3 N–H and O–H groups in total. The van der Waals surface area contributed by atoms with Crippen molar-refractivity contribution in [3.05, 3.63) is 58.1 Å². The molecule has 21 heavy (non-hydrogen) atoms. The lowest BCUT2D eigenvalue weighted by Crippen LogP contribution is -2.08. The lowest BCUT2D eigenvalue weighted by atomic mass is 10.1. The summed E-state index contributed by atoms with van der Waals surface area (Å²) in [5.41, 5.74) is 0.929. The number of phenolic OH excluding ortho intramolecular Hbond substituents is 2. The molecule has 2 rings (SSSR count). The Labute approximate surface area is 125 Å². The van der Waals surface area contributed by atoms with Gasteiger partial charge >= 0.3 is 0 Å². The molecule has 0 radical (unpaired) electrons. The van der Waals surface area contributed by atoms with Crippen molar-refractivity contribution in [3.63, 3.8) is 0 Å². The van der Waals surface area contributed by atoms with Gasteiger partial charge in [-0.05, 0) is 42.1 Å². The fourth-order valence-electron chi connectivity index (χ4n) is 1.74. The predicted octanol–water partition coefficient (Wildman–Crippen LogP) is 2.85. The molecule has 0 heterocycles. The minimum atomic E-state index is -0.415. The standard InChI is InChI=1S/C14H14N2O4S/c17-12-6-5-10(9-13(12)18)7-8-15-21-14-4-2-1-3-11(14)16(19)20/h1-6,9,15,17-18H,7-8H2. The SMILES string of the molecule is O=[N+]([O-])c1ccccc1SNCCc1ccc(O)c(O)c1. The summed E-state index contributed by atoms with van der Waals surface area (Å²) in [6, 6.07) is 11.2. The van der Waals surface area contributed by atoms with Gasteiger partial charge in [-0.3, -0.25) is 14.8 Å². The van der Waals surface area contributed by atoms with Gasteiger partial charge in [-0.1, -0.05) is 18.2 Å². The monoisotopic (exact) mass is 306 g/mol. The van der Waals surface area contributed by atoms with Gasteiger partial charge < -0.3 is 10.2 Å². The first-order valence-electron chi connectivity index (χ1n) is 6.22. The molecule has 0 unspecified atom stereocenters. The molecule has 2 aromatic carbocycles. The number of nitro groups is 1. The van der Waals surface area contributed by atoms with Crippen molar-refractivity contribution in [3.8, 4) is 11.5 Å². The van der Waals surface area contributed by atoms with Crippen LogP contribution in [0.2, 0.25) is 0 Å². The first-order valence-corrected chi connectivity index (χ1v) is 7.03. The maximum absolute atomic E-state index is 10.9. The van der Waals surface area contributed by atoms with Crippen molar-refractivity contribution in [1.29, 1.82) is 0 Å². The van der Waals surface area contributed by atoms with Gasteiger partial charge in [0.25, 0.3) is 5.69 Å². The van der Waals surface area contributed by atoms with Crippen molar-refractivity contribution < 1.29 is 15.1 Å². The highest BCUT2D eigenvalue weighted by Gasteiger charge is 2.12. The normalized spacial score (nSPS) is 10.5. The molecule has 0 spiro atoms. The van der Waals surface area contributed by atoms with Crippen LogP contribution in [0.25, 0.3) is 0 Å². The minimum Gasteiger partial charge on any atom is -0.504 e. The molecule has 0 aliphatic carbocycles. The lowest BCUT2D eigenvalue weighted by molar-refractivity contribution is -0.387. The van der Waals surface area contributed by atoms with Gasteiger partial charge in [-0.2, -0.15) is 0 Å². The summed E-state index contributed by atoms with van der Waals surface area (Å²) in [4.78, 5) is 11.0. The Morgan fingerprint density at radius 3 is 2.62 bits per heavy atom. The summed E-state index contributed by atoms with van der Waals surface area (Å²) < 4.78 is 3.05. The van der Waals surface area contributed by atoms with E-state index in [2.05, 4.69) is 4.72 Å². The molecular weight excluding hydrogens is 292 g/mol. The molecule has 2 aromatic rings. The van der Waals surface area contributed by atoms with Crippen LogP contribution in [0.4, 0.5) is 5.69 Å². The van der Waals surface area contributed by atoms with Gasteiger partial charge in [0.15, 0.2) is 11.5 Å². The summed E-state index contributed by atoms with van der Waals surface area (Å²) in [6.07, 6.45) is 0.626. The van der Waals surface area contributed by atoms with Crippen LogP contribution in [0, 0.1) is 10.1 Å². The number of nitrogens with zero attached hydrogens (tertiary/aromatic N) is 1. The smallest absolute Gasteiger partial charge is 0.284 e. The Morgan fingerprint density at radius 2 is 1.90 bits per heavy atom. The third kappa shape index (κ3) is 4.11. The van der Waals surface area contributed by atoms with Crippen molar-refractivity contribution in [2.24, 2.45) is 0 Å². The Morgan fingerprint density at radius 1 is 1.14 bits per heavy atom. The van der Waals surface area contributed by atoms with E-state index < -0.39 is 4.92 Å². The molecule has 0 saturated heterocycles. The third-order valence-corrected chi connectivity index (χ3v) is 3.71. The zero-order valence-electron chi connectivity index (χ0n) is 11.0. The van der Waals surface area contributed by atoms with Crippen molar-refractivity contribution >= 4 is 17.6 Å². The molecule has 0 aliphatic rings. The topological polar surface area (TPSA) is 95.6 Å². The number of hydrogen-bond acceptors (Lipinski definition) is 6. The fraction of sp³-hybridized carbons (Fsp3) is 0.143. The highest BCUT2D eigenvalue weighted by Crippen LogP contribution is 2.27. The molecule has 0 aliphatic heterocycles. The summed E-state index contributed by atoms with van der Waals surface area (Å²) in [5.74, 6) is -0.306. The number of benzene rings is 2. The second-order valence-electron chi connectivity index (χ2n) is 4.29. The van der Waals surface area contributed by atoms with E-state index in [-0.39, 0.29) is 17.2 Å². The number of nitro benzene ring substituents is 1. The van der Waals surface area contributed by atoms with Crippen LogP contribution in [0.15, 0.2) is 47.4 Å². The molecule has 7 heteroatoms. The van der Waals surface area contributed by atoms with E-state index in [1.54, 1.807) is 24.3 Å². The number of nitrogens with one attached hydrogen (secondary N) is 1. The Kier molecular flexibility index (Phi) is 5.02. The van der Waals surface area contributed by atoms with Crippen molar-refractivity contribution in [1.82, 2.24) is 4.72 Å². The van der Waals surface area contributed by atoms with Gasteiger partial charge in [0, 0.05) is 12.6 Å². The molecule has 0 bridgehead atoms. The van der Waals surface area contributed by atoms with Gasteiger partial charge in [0.2, 0.25) is 0 Å². The van der Waals surface area contributed by atoms with E-state index in [0.717, 1.165) is 5.56 Å². The second-order valence-corrected chi connectivity index (χ2v) is 5.23. The van der Waals surface area contributed by atoms with Crippen LogP contribution in [0.1, 0.15) is 5.56 Å². The highest BCUT2D eigenvalue weighted by molar-refractivity contribution is 7.97. The highest BCUT2D eigenvalue weighted by atomic mass is 32.2. The van der Waals surface area contributed by atoms with Crippen molar-refractivity contribution in [2.45, 2.75) is 11.3 Å². The Balaban J connectivity index is 1.87. The van der Waals surface area contributed by atoms with Crippen LogP contribution in [0.5, 0.6) is 11.5 Å². The Hall–Kier alpha value is -2.25. The predicted molar refractivity (Wildman–Crippen MR) is 80.4 cm³/mol. The summed E-state index contributed by atoms with van der Waals surface area (Å²) in [7, 11) is 0. The molecule has 0 fully saturated rings. The largest absolute Gasteiger partial charge is 0.504 e. The number of hydrogen-bond donors (Lipinski definition) is 3. The number of rotatable bonds is 6. The molecule has 6 nitrogen and oxygen atoms in total. The van der Waals surface area contributed by atoms with Gasteiger partial charge in [-0.15, -0.1) is 0 Å². The lowest BCUT2D eigenvalue weighted by Gasteiger charge is -2.06. The summed E-state index contributed by atoms with van der Waals surface area (Å²) >= 11 is 1.20. The van der Waals surface area contributed by atoms with E-state index in [1.807, 2.05) is 0 Å². The van der Waals surface area contributed by atoms with Gasteiger partial charge in [0.05, 0.1) is 4.92 Å². The maximum atomic E-state index is 10.9. The molecule has 0 amide bonds. The van der Waals surface area contributed by atoms with E-state index in [9.17, 15) is 20.3 Å². The van der Waals surface area contributed by atoms with Crippen LogP contribution in [0.3, 0.4) is 0 Å². The first-order chi connectivity index (χ1) is 10.1. The van der Waals surface area contributed by atoms with Crippen LogP contribution in [-0.2, 0) is 6.42 Å². The van der Waals surface area contributed by atoms with E-state index in [1.165, 1.54) is 30.1 Å². The average molecular weight is 306 g/mol. The fourth-order valence-corrected chi connectivity index (χ4v) is 2.50. The number of aromatic hydroxyl groups is 2. The summed E-state index contributed by atoms with van der Waals surface area (Å²) in [6.45, 7) is 0.570. The molecule has 0 aromatic heterocycles. The van der Waals surface area contributed by atoms with Crippen LogP contribution >= 0.6 is 11.9 Å².